The highest BCUT2D eigenvalue weighted by Crippen LogP contribution is 2.40. The third kappa shape index (κ3) is 2.83. The topological polar surface area (TPSA) is 60.2 Å². The lowest BCUT2D eigenvalue weighted by atomic mass is 9.91. The first-order chi connectivity index (χ1) is 11.0. The van der Waals surface area contributed by atoms with E-state index in [1.165, 1.54) is 0 Å². The number of hydrogen-bond acceptors (Lipinski definition) is 4. The molecular weight excluding hydrogens is 378 g/mol. The minimum Gasteiger partial charge on any atom is -0.381 e. The molecule has 2 aromatic rings. The molecule has 0 bridgehead atoms. The van der Waals surface area contributed by atoms with Crippen molar-refractivity contribution < 1.29 is 5.11 Å². The van der Waals surface area contributed by atoms with E-state index >= 15 is 0 Å². The van der Waals surface area contributed by atoms with Gasteiger partial charge in [-0.3, -0.25) is 4.98 Å². The SMILES string of the molecule is C[C@@H]1N(c2ccc(C#N)c(Cl)c2)CC[C@@]1(O)c1ccc(Br)cn1. The zero-order valence-corrected chi connectivity index (χ0v) is 14.8. The van der Waals surface area contributed by atoms with Crippen LogP contribution in [0.2, 0.25) is 5.02 Å². The Morgan fingerprint density at radius 1 is 1.43 bits per heavy atom. The lowest BCUT2D eigenvalue weighted by Gasteiger charge is -2.32. The van der Waals surface area contributed by atoms with Gasteiger partial charge in [0.05, 0.1) is 22.3 Å². The highest BCUT2D eigenvalue weighted by atomic mass is 79.9. The number of pyridine rings is 1. The summed E-state index contributed by atoms with van der Waals surface area (Å²) < 4.78 is 0.881. The number of nitrogens with zero attached hydrogens (tertiary/aromatic N) is 3. The van der Waals surface area contributed by atoms with E-state index in [1.54, 1.807) is 18.3 Å². The second-order valence-corrected chi connectivity index (χ2v) is 7.00. The van der Waals surface area contributed by atoms with Crippen molar-refractivity contribution >= 4 is 33.2 Å². The van der Waals surface area contributed by atoms with Gasteiger partial charge in [0.25, 0.3) is 0 Å². The van der Waals surface area contributed by atoms with Gasteiger partial charge in [-0.1, -0.05) is 11.6 Å². The number of nitriles is 1. The maximum atomic E-state index is 11.1. The number of rotatable bonds is 2. The van der Waals surface area contributed by atoms with E-state index < -0.39 is 5.60 Å². The van der Waals surface area contributed by atoms with E-state index in [0.29, 0.717) is 29.2 Å². The standard InChI is InChI=1S/C17H15BrClN3O/c1-11-17(23,16-5-3-13(18)10-21-16)6-7-22(11)14-4-2-12(9-20)15(19)8-14/h2-5,8,10-11,23H,6-7H2,1H3/t11-,17-/m0/s1. The van der Waals surface area contributed by atoms with Gasteiger partial charge in [0.2, 0.25) is 0 Å². The van der Waals surface area contributed by atoms with Crippen molar-refractivity contribution in [2.45, 2.75) is 25.0 Å². The predicted molar refractivity (Wildman–Crippen MR) is 93.4 cm³/mol. The summed E-state index contributed by atoms with van der Waals surface area (Å²) in [7, 11) is 0. The highest BCUT2D eigenvalue weighted by Gasteiger charge is 2.45. The molecule has 0 unspecified atom stereocenters. The third-order valence-corrected chi connectivity index (χ3v) is 5.25. The number of anilines is 1. The molecule has 1 saturated heterocycles. The first kappa shape index (κ1) is 16.3. The predicted octanol–water partition coefficient (Wildman–Crippen LogP) is 3.86. The smallest absolute Gasteiger partial charge is 0.128 e. The zero-order valence-electron chi connectivity index (χ0n) is 12.5. The quantitative estimate of drug-likeness (QED) is 0.843. The van der Waals surface area contributed by atoms with Crippen molar-refractivity contribution in [3.8, 4) is 6.07 Å². The van der Waals surface area contributed by atoms with E-state index in [-0.39, 0.29) is 6.04 Å². The molecule has 0 radical (unpaired) electrons. The van der Waals surface area contributed by atoms with Gasteiger partial charge in [0.15, 0.2) is 0 Å². The summed E-state index contributed by atoms with van der Waals surface area (Å²) >= 11 is 9.49. The molecule has 1 N–H and O–H groups in total. The summed E-state index contributed by atoms with van der Waals surface area (Å²) in [6.45, 7) is 2.67. The van der Waals surface area contributed by atoms with Crippen LogP contribution < -0.4 is 4.90 Å². The Kier molecular flexibility index (Phi) is 4.33. The van der Waals surface area contributed by atoms with E-state index in [4.69, 9.17) is 16.9 Å². The average molecular weight is 393 g/mol. The lowest BCUT2D eigenvalue weighted by Crippen LogP contribution is -2.41. The second kappa shape index (κ2) is 6.12. The molecule has 2 heterocycles. The van der Waals surface area contributed by atoms with Gasteiger partial charge in [-0.05, 0) is 53.2 Å². The van der Waals surface area contributed by atoms with Crippen LogP contribution in [0.3, 0.4) is 0 Å². The summed E-state index contributed by atoms with van der Waals surface area (Å²) in [5.41, 5.74) is 0.998. The maximum absolute atomic E-state index is 11.1. The van der Waals surface area contributed by atoms with E-state index in [2.05, 4.69) is 31.9 Å². The van der Waals surface area contributed by atoms with Crippen LogP contribution in [0.25, 0.3) is 0 Å². The fraction of sp³-hybridized carbons (Fsp3) is 0.294. The monoisotopic (exact) mass is 391 g/mol. The highest BCUT2D eigenvalue weighted by molar-refractivity contribution is 9.10. The summed E-state index contributed by atoms with van der Waals surface area (Å²) in [5, 5.41) is 20.5. The number of aliphatic hydroxyl groups is 1. The van der Waals surface area contributed by atoms with Gasteiger partial charge < -0.3 is 10.0 Å². The van der Waals surface area contributed by atoms with Crippen LogP contribution in [0.5, 0.6) is 0 Å². The molecule has 6 heteroatoms. The van der Waals surface area contributed by atoms with Gasteiger partial charge in [0, 0.05) is 29.3 Å². The molecule has 0 saturated carbocycles. The van der Waals surface area contributed by atoms with Crippen LogP contribution in [0.4, 0.5) is 5.69 Å². The van der Waals surface area contributed by atoms with Gasteiger partial charge in [-0.15, -0.1) is 0 Å². The minimum atomic E-state index is -1.01. The van der Waals surface area contributed by atoms with Crippen molar-refractivity contribution in [1.82, 2.24) is 4.98 Å². The van der Waals surface area contributed by atoms with E-state index in [0.717, 1.165) is 10.2 Å². The first-order valence-corrected chi connectivity index (χ1v) is 8.43. The Hall–Kier alpha value is -1.61. The molecule has 118 valence electrons. The third-order valence-electron chi connectivity index (χ3n) is 4.47. The Morgan fingerprint density at radius 3 is 2.83 bits per heavy atom. The van der Waals surface area contributed by atoms with Crippen molar-refractivity contribution in [3.63, 3.8) is 0 Å². The largest absolute Gasteiger partial charge is 0.381 e. The van der Waals surface area contributed by atoms with Gasteiger partial charge in [-0.25, -0.2) is 0 Å². The van der Waals surface area contributed by atoms with E-state index in [9.17, 15) is 5.11 Å². The second-order valence-electron chi connectivity index (χ2n) is 5.68. The van der Waals surface area contributed by atoms with Crippen molar-refractivity contribution in [3.05, 3.63) is 57.3 Å². The Morgan fingerprint density at radius 2 is 2.22 bits per heavy atom. The fourth-order valence-electron chi connectivity index (χ4n) is 3.05. The maximum Gasteiger partial charge on any atom is 0.128 e. The summed E-state index contributed by atoms with van der Waals surface area (Å²) in [5.74, 6) is 0. The van der Waals surface area contributed by atoms with Crippen molar-refractivity contribution in [2.75, 3.05) is 11.4 Å². The average Bonchev–Trinajstić information content (AvgIpc) is 2.85. The van der Waals surface area contributed by atoms with Crippen LogP contribution in [0.1, 0.15) is 24.6 Å². The molecule has 23 heavy (non-hydrogen) atoms. The minimum absolute atomic E-state index is 0.153. The molecule has 3 rings (SSSR count). The Labute approximate surface area is 148 Å². The number of halogens is 2. The summed E-state index contributed by atoms with van der Waals surface area (Å²) in [6.07, 6.45) is 2.28. The van der Waals surface area contributed by atoms with E-state index in [1.807, 2.05) is 25.1 Å². The van der Waals surface area contributed by atoms with Gasteiger partial charge >= 0.3 is 0 Å². The molecule has 1 fully saturated rings. The molecule has 1 aromatic carbocycles. The number of hydrogen-bond donors (Lipinski definition) is 1. The molecule has 1 aliphatic heterocycles. The summed E-state index contributed by atoms with van der Waals surface area (Å²) in [6, 6.07) is 11.0. The summed E-state index contributed by atoms with van der Waals surface area (Å²) in [4.78, 5) is 6.46. The Balaban J connectivity index is 1.92. The molecule has 1 aromatic heterocycles. The number of aromatic nitrogens is 1. The Bertz CT molecular complexity index is 774. The lowest BCUT2D eigenvalue weighted by molar-refractivity contribution is 0.0286. The van der Waals surface area contributed by atoms with Crippen LogP contribution in [-0.4, -0.2) is 22.7 Å². The van der Waals surface area contributed by atoms with Crippen molar-refractivity contribution in [1.29, 1.82) is 5.26 Å². The van der Waals surface area contributed by atoms with Gasteiger partial charge in [-0.2, -0.15) is 5.26 Å². The van der Waals surface area contributed by atoms with Crippen LogP contribution >= 0.6 is 27.5 Å². The zero-order chi connectivity index (χ0) is 16.6. The molecule has 2 atom stereocenters. The molecule has 0 spiro atoms. The molecule has 0 aliphatic carbocycles. The number of benzene rings is 1. The van der Waals surface area contributed by atoms with Crippen LogP contribution in [-0.2, 0) is 5.60 Å². The van der Waals surface area contributed by atoms with Crippen LogP contribution in [0.15, 0.2) is 41.0 Å². The fourth-order valence-corrected chi connectivity index (χ4v) is 3.50. The first-order valence-electron chi connectivity index (χ1n) is 7.26. The molecule has 4 nitrogen and oxygen atoms in total. The normalized spacial score (nSPS) is 23.8. The van der Waals surface area contributed by atoms with Crippen molar-refractivity contribution in [2.24, 2.45) is 0 Å². The molecule has 0 amide bonds. The van der Waals surface area contributed by atoms with Gasteiger partial charge in [0.1, 0.15) is 11.7 Å². The molecular formula is C17H15BrClN3O. The van der Waals surface area contributed by atoms with Crippen LogP contribution in [0, 0.1) is 11.3 Å². The molecule has 1 aliphatic rings.